The van der Waals surface area contributed by atoms with Crippen LogP contribution in [0.2, 0.25) is 10.0 Å². The topological polar surface area (TPSA) is 96.3 Å². The smallest absolute Gasteiger partial charge is 0.387 e. The molecule has 12 heteroatoms. The highest BCUT2D eigenvalue weighted by atomic mass is 35.5. The lowest BCUT2D eigenvalue weighted by Crippen LogP contribution is -2.44. The first-order chi connectivity index (χ1) is 19.6. The molecule has 1 aliphatic carbocycles. The molecular weight excluding hydrogens is 581 g/mol. The number of imide groups is 1. The van der Waals surface area contributed by atoms with E-state index in [1.807, 2.05) is 0 Å². The van der Waals surface area contributed by atoms with Crippen molar-refractivity contribution in [2.75, 3.05) is 6.61 Å². The third kappa shape index (κ3) is 6.28. The number of ether oxygens (including phenoxy) is 3. The molecule has 41 heavy (non-hydrogen) atoms. The van der Waals surface area contributed by atoms with E-state index in [-0.39, 0.29) is 39.1 Å². The fourth-order valence-corrected chi connectivity index (χ4v) is 5.04. The second-order valence-electron chi connectivity index (χ2n) is 9.80. The van der Waals surface area contributed by atoms with Gasteiger partial charge in [-0.25, -0.2) is 9.78 Å². The summed E-state index contributed by atoms with van der Waals surface area (Å²) in [6, 6.07) is 9.23. The van der Waals surface area contributed by atoms with Gasteiger partial charge in [-0.2, -0.15) is 8.78 Å². The first kappa shape index (κ1) is 28.8. The van der Waals surface area contributed by atoms with Crippen molar-refractivity contribution in [3.8, 4) is 11.5 Å². The molecule has 1 saturated carbocycles. The summed E-state index contributed by atoms with van der Waals surface area (Å²) in [6.07, 6.45) is 3.90. The zero-order chi connectivity index (χ0) is 29.3. The number of aromatic nitrogens is 1. The SMILES string of the molecule is CC(C(=O)O[C@@H](Cc1c(Cl)c[nH+]cc1Cl)c1ccc(OC(F)F)c(OCC2CC2)c1)N1C(=O)c2ccccc2C1=O. The molecule has 8 nitrogen and oxygen atoms in total. The standard InChI is InChI=1S/C29H24Cl2F2N2O6/c1-15(35-26(36)18-4-2-3-5-19(18)27(35)37)28(38)40-24(11-20-21(30)12-34-13-22(20)31)17-8-9-23(41-29(32)33)25(10-17)39-14-16-6-7-16/h2-5,8-10,12-13,15-16,24,29H,6-7,11,14H2,1H3/p+1/t15?,24-/m0/s1. The van der Waals surface area contributed by atoms with Gasteiger partial charge in [-0.1, -0.05) is 41.4 Å². The summed E-state index contributed by atoms with van der Waals surface area (Å²) in [4.78, 5) is 43.0. The van der Waals surface area contributed by atoms with Crippen molar-refractivity contribution in [2.24, 2.45) is 5.92 Å². The summed E-state index contributed by atoms with van der Waals surface area (Å²) in [5.74, 6) is -1.87. The monoisotopic (exact) mass is 605 g/mol. The van der Waals surface area contributed by atoms with Crippen LogP contribution in [0.3, 0.4) is 0 Å². The average Bonchev–Trinajstić information content (AvgIpc) is 3.74. The van der Waals surface area contributed by atoms with E-state index in [9.17, 15) is 23.2 Å². The Hall–Kier alpha value is -3.76. The van der Waals surface area contributed by atoms with Crippen LogP contribution in [0, 0.1) is 5.92 Å². The van der Waals surface area contributed by atoms with Crippen molar-refractivity contribution >= 4 is 41.0 Å². The fraction of sp³-hybridized carbons (Fsp3) is 0.310. The third-order valence-electron chi connectivity index (χ3n) is 6.93. The molecule has 1 N–H and O–H groups in total. The predicted octanol–water partition coefficient (Wildman–Crippen LogP) is 5.71. The number of H-pyrrole nitrogens is 1. The van der Waals surface area contributed by atoms with Crippen LogP contribution >= 0.6 is 23.2 Å². The Morgan fingerprint density at radius 3 is 2.24 bits per heavy atom. The number of hydrogen-bond acceptors (Lipinski definition) is 6. The summed E-state index contributed by atoms with van der Waals surface area (Å²) in [5, 5.41) is 0.546. The zero-order valence-corrected chi connectivity index (χ0v) is 23.3. The van der Waals surface area contributed by atoms with Gasteiger partial charge in [0.1, 0.15) is 22.2 Å². The van der Waals surface area contributed by atoms with E-state index in [0.29, 0.717) is 23.7 Å². The number of esters is 1. The molecule has 3 aromatic rings. The van der Waals surface area contributed by atoms with Gasteiger partial charge in [0.2, 0.25) is 0 Å². The Bertz CT molecular complexity index is 1440. The lowest BCUT2D eigenvalue weighted by molar-refractivity contribution is -0.377. The van der Waals surface area contributed by atoms with Gasteiger partial charge in [0.15, 0.2) is 23.9 Å². The summed E-state index contributed by atoms with van der Waals surface area (Å²) < 4.78 is 42.5. The van der Waals surface area contributed by atoms with Crippen LogP contribution < -0.4 is 14.5 Å². The lowest BCUT2D eigenvalue weighted by Gasteiger charge is -2.25. The van der Waals surface area contributed by atoms with Gasteiger partial charge in [0.25, 0.3) is 11.8 Å². The number of halogens is 4. The minimum atomic E-state index is -3.07. The van der Waals surface area contributed by atoms with Crippen LogP contribution in [0.4, 0.5) is 8.78 Å². The van der Waals surface area contributed by atoms with Gasteiger partial charge < -0.3 is 14.2 Å². The largest absolute Gasteiger partial charge is 0.489 e. The maximum Gasteiger partial charge on any atom is 0.387 e. The summed E-state index contributed by atoms with van der Waals surface area (Å²) in [6.45, 7) is -1.37. The van der Waals surface area contributed by atoms with Gasteiger partial charge in [0, 0.05) is 12.0 Å². The van der Waals surface area contributed by atoms with Gasteiger partial charge >= 0.3 is 12.6 Å². The normalized spacial score (nSPS) is 16.0. The molecule has 1 aromatic heterocycles. The van der Waals surface area contributed by atoms with Crippen LogP contribution in [-0.2, 0) is 16.0 Å². The molecule has 2 amide bonds. The number of hydrogen-bond donors (Lipinski definition) is 0. The highest BCUT2D eigenvalue weighted by molar-refractivity contribution is 6.35. The number of pyridine rings is 1. The fourth-order valence-electron chi connectivity index (χ4n) is 4.51. The molecule has 0 bridgehead atoms. The Morgan fingerprint density at radius 2 is 1.66 bits per heavy atom. The van der Waals surface area contributed by atoms with Gasteiger partial charge in [-0.3, -0.25) is 14.5 Å². The second-order valence-corrected chi connectivity index (χ2v) is 10.6. The van der Waals surface area contributed by atoms with Crippen molar-refractivity contribution in [1.82, 2.24) is 4.90 Å². The van der Waals surface area contributed by atoms with E-state index in [2.05, 4.69) is 9.72 Å². The van der Waals surface area contributed by atoms with E-state index in [4.69, 9.17) is 32.7 Å². The number of nitrogens with one attached hydrogen (secondary N) is 1. The van der Waals surface area contributed by atoms with E-state index < -0.39 is 36.5 Å². The van der Waals surface area contributed by atoms with Crippen LogP contribution in [0.25, 0.3) is 0 Å². The number of carbonyl (C=O) groups is 3. The molecule has 2 aromatic carbocycles. The molecule has 1 fully saturated rings. The number of carbonyl (C=O) groups excluding carboxylic acids is 3. The van der Waals surface area contributed by atoms with Crippen LogP contribution in [0.1, 0.15) is 57.7 Å². The maximum absolute atomic E-state index is 13.4. The molecule has 0 spiro atoms. The summed E-state index contributed by atoms with van der Waals surface area (Å²) in [7, 11) is 0. The van der Waals surface area contributed by atoms with E-state index in [1.165, 1.54) is 49.6 Å². The molecule has 0 saturated heterocycles. The minimum absolute atomic E-state index is 0.00988. The van der Waals surface area contributed by atoms with Crippen molar-refractivity contribution < 1.29 is 42.4 Å². The summed E-state index contributed by atoms with van der Waals surface area (Å²) >= 11 is 12.8. The Morgan fingerprint density at radius 1 is 1.02 bits per heavy atom. The van der Waals surface area contributed by atoms with E-state index >= 15 is 0 Å². The molecule has 2 aliphatic rings. The zero-order valence-electron chi connectivity index (χ0n) is 21.7. The lowest BCUT2D eigenvalue weighted by atomic mass is 10.0. The Labute approximate surface area is 244 Å². The second kappa shape index (κ2) is 12.0. The van der Waals surface area contributed by atoms with Crippen molar-refractivity contribution in [1.29, 1.82) is 0 Å². The molecule has 2 atom stereocenters. The van der Waals surface area contributed by atoms with Gasteiger partial charge in [-0.05, 0) is 55.5 Å². The first-order valence-electron chi connectivity index (χ1n) is 12.9. The number of nitrogens with zero attached hydrogens (tertiary/aromatic N) is 1. The summed E-state index contributed by atoms with van der Waals surface area (Å²) in [5.41, 5.74) is 1.21. The van der Waals surface area contributed by atoms with Gasteiger partial charge in [-0.15, -0.1) is 0 Å². The quantitative estimate of drug-likeness (QED) is 0.205. The Kier molecular flexibility index (Phi) is 8.42. The number of alkyl halides is 2. The number of benzene rings is 2. The molecular formula is C29H25Cl2F2N2O6+. The highest BCUT2D eigenvalue weighted by Gasteiger charge is 2.42. The number of amides is 2. The van der Waals surface area contributed by atoms with Gasteiger partial charge in [0.05, 0.1) is 17.7 Å². The molecule has 5 rings (SSSR count). The van der Waals surface area contributed by atoms with E-state index in [0.717, 1.165) is 17.7 Å². The molecule has 1 unspecified atom stereocenters. The molecule has 1 aliphatic heterocycles. The highest BCUT2D eigenvalue weighted by Crippen LogP contribution is 2.38. The minimum Gasteiger partial charge on any atom is -0.489 e. The number of fused-ring (bicyclic) bond motifs is 1. The maximum atomic E-state index is 13.4. The Balaban J connectivity index is 1.45. The van der Waals surface area contributed by atoms with Crippen molar-refractivity contribution in [3.05, 3.63) is 87.2 Å². The first-order valence-corrected chi connectivity index (χ1v) is 13.6. The van der Waals surface area contributed by atoms with Crippen LogP contribution in [0.5, 0.6) is 11.5 Å². The predicted molar refractivity (Wildman–Crippen MR) is 143 cm³/mol. The van der Waals surface area contributed by atoms with E-state index in [1.54, 1.807) is 12.1 Å². The molecule has 214 valence electrons. The average molecular weight is 606 g/mol. The van der Waals surface area contributed by atoms with Crippen molar-refractivity contribution in [2.45, 2.75) is 44.9 Å². The third-order valence-corrected chi connectivity index (χ3v) is 7.60. The molecule has 0 radical (unpaired) electrons. The molecule has 2 heterocycles. The number of rotatable bonds is 11. The van der Waals surface area contributed by atoms with Crippen molar-refractivity contribution in [3.63, 3.8) is 0 Å². The van der Waals surface area contributed by atoms with Crippen LogP contribution in [-0.4, -0.2) is 41.9 Å². The van der Waals surface area contributed by atoms with Crippen LogP contribution in [0.15, 0.2) is 54.9 Å². The number of aromatic amines is 1.